The van der Waals surface area contributed by atoms with Gasteiger partial charge in [-0.25, -0.2) is 0 Å². The molecule has 0 aliphatic carbocycles. The van der Waals surface area contributed by atoms with E-state index in [9.17, 15) is 0 Å². The summed E-state index contributed by atoms with van der Waals surface area (Å²) in [5.74, 6) is 4.08. The Kier molecular flexibility index (Phi) is 6.14. The van der Waals surface area contributed by atoms with Crippen molar-refractivity contribution >= 4 is 33.4 Å². The molecule has 118 valence electrons. The van der Waals surface area contributed by atoms with Crippen LogP contribution in [0.3, 0.4) is 0 Å². The standard InChI is InChI=1S/C20H27S2/c1-2-3-4-5-12-21-19-10-8-18-16-20(11-9-17(18)15-19)22-13-6-7-14-22/h8-11,15-16H,2-7,12-14H2,1H3/q+1. The number of thioether (sulfide) groups is 1. The van der Waals surface area contributed by atoms with Crippen LogP contribution in [0, 0.1) is 0 Å². The van der Waals surface area contributed by atoms with Gasteiger partial charge in [-0.15, -0.1) is 11.8 Å². The van der Waals surface area contributed by atoms with Crippen molar-refractivity contribution in [1.82, 2.24) is 0 Å². The summed E-state index contributed by atoms with van der Waals surface area (Å²) in [6.45, 7) is 2.27. The Morgan fingerprint density at radius 3 is 2.50 bits per heavy atom. The van der Waals surface area contributed by atoms with Crippen molar-refractivity contribution in [3.05, 3.63) is 36.4 Å². The number of hydrogen-bond acceptors (Lipinski definition) is 1. The lowest BCUT2D eigenvalue weighted by Crippen LogP contribution is -2.03. The summed E-state index contributed by atoms with van der Waals surface area (Å²) in [6, 6.07) is 14.2. The van der Waals surface area contributed by atoms with Crippen LogP contribution in [0.25, 0.3) is 10.8 Å². The van der Waals surface area contributed by atoms with Crippen molar-refractivity contribution in [3.63, 3.8) is 0 Å². The molecular weight excluding hydrogens is 304 g/mol. The molecule has 0 amide bonds. The van der Waals surface area contributed by atoms with Gasteiger partial charge in [-0.2, -0.15) is 0 Å². The highest BCUT2D eigenvalue weighted by atomic mass is 32.2. The smallest absolute Gasteiger partial charge is 0.126 e. The second-order valence-corrected chi connectivity index (χ2v) is 9.63. The van der Waals surface area contributed by atoms with Crippen LogP contribution >= 0.6 is 11.8 Å². The molecule has 0 N–H and O–H groups in total. The molecule has 1 fully saturated rings. The Labute approximate surface area is 142 Å². The van der Waals surface area contributed by atoms with E-state index in [-0.39, 0.29) is 0 Å². The van der Waals surface area contributed by atoms with Crippen molar-refractivity contribution in [1.29, 1.82) is 0 Å². The topological polar surface area (TPSA) is 0 Å². The lowest BCUT2D eigenvalue weighted by Gasteiger charge is -2.06. The number of fused-ring (bicyclic) bond motifs is 1. The summed E-state index contributed by atoms with van der Waals surface area (Å²) in [6.07, 6.45) is 8.28. The summed E-state index contributed by atoms with van der Waals surface area (Å²) in [4.78, 5) is 3.02. The molecule has 1 heterocycles. The fourth-order valence-electron chi connectivity index (χ4n) is 3.08. The SMILES string of the molecule is CCCCCCSc1ccc2cc([S+]3CCCC3)ccc2c1. The second-order valence-electron chi connectivity index (χ2n) is 6.19. The van der Waals surface area contributed by atoms with Gasteiger partial charge in [0.15, 0.2) is 4.90 Å². The van der Waals surface area contributed by atoms with Crippen LogP contribution in [0.4, 0.5) is 0 Å². The second kappa shape index (κ2) is 8.31. The first-order valence-electron chi connectivity index (χ1n) is 8.71. The predicted octanol–water partition coefficient (Wildman–Crippen LogP) is 6.28. The zero-order chi connectivity index (χ0) is 15.2. The molecule has 2 aromatic carbocycles. The fourth-order valence-corrected chi connectivity index (χ4v) is 6.37. The van der Waals surface area contributed by atoms with Gasteiger partial charge in [-0.05, 0) is 60.1 Å². The van der Waals surface area contributed by atoms with E-state index in [2.05, 4.69) is 43.3 Å². The molecule has 2 heteroatoms. The van der Waals surface area contributed by atoms with Crippen molar-refractivity contribution in [2.75, 3.05) is 17.3 Å². The highest BCUT2D eigenvalue weighted by Crippen LogP contribution is 2.29. The van der Waals surface area contributed by atoms with Gasteiger partial charge in [-0.3, -0.25) is 0 Å². The molecule has 0 spiro atoms. The van der Waals surface area contributed by atoms with Crippen LogP contribution in [0.5, 0.6) is 0 Å². The molecular formula is C20H27S2+. The summed E-state index contributed by atoms with van der Waals surface area (Å²) < 4.78 is 0. The molecule has 1 aliphatic rings. The quantitative estimate of drug-likeness (QED) is 0.327. The molecule has 2 aromatic rings. The maximum absolute atomic E-state index is 2.44. The normalized spacial score (nSPS) is 15.7. The molecule has 0 bridgehead atoms. The maximum atomic E-state index is 2.44. The maximum Gasteiger partial charge on any atom is 0.155 e. The minimum atomic E-state index is 0.535. The van der Waals surface area contributed by atoms with E-state index in [0.717, 1.165) is 0 Å². The Morgan fingerprint density at radius 2 is 1.68 bits per heavy atom. The van der Waals surface area contributed by atoms with Crippen LogP contribution in [0.2, 0.25) is 0 Å². The van der Waals surface area contributed by atoms with Crippen LogP contribution in [-0.4, -0.2) is 17.3 Å². The molecule has 0 radical (unpaired) electrons. The lowest BCUT2D eigenvalue weighted by molar-refractivity contribution is 0.706. The number of benzene rings is 2. The molecule has 0 atom stereocenters. The third-order valence-electron chi connectivity index (χ3n) is 4.41. The van der Waals surface area contributed by atoms with E-state index >= 15 is 0 Å². The Balaban J connectivity index is 1.64. The molecule has 3 rings (SSSR count). The predicted molar refractivity (Wildman–Crippen MR) is 103 cm³/mol. The zero-order valence-corrected chi connectivity index (χ0v) is 15.3. The van der Waals surface area contributed by atoms with Gasteiger partial charge in [0.1, 0.15) is 11.5 Å². The summed E-state index contributed by atoms with van der Waals surface area (Å²) in [5, 5.41) is 2.83. The third kappa shape index (κ3) is 4.23. The van der Waals surface area contributed by atoms with Crippen molar-refractivity contribution in [2.45, 2.75) is 55.2 Å². The summed E-state index contributed by atoms with van der Waals surface area (Å²) in [7, 11) is 0.535. The Bertz CT molecular complexity index is 600. The van der Waals surface area contributed by atoms with Gasteiger partial charge in [0.2, 0.25) is 0 Å². The lowest BCUT2D eigenvalue weighted by atomic mass is 10.1. The number of unbranched alkanes of at least 4 members (excludes halogenated alkanes) is 3. The van der Waals surface area contributed by atoms with Gasteiger partial charge >= 0.3 is 0 Å². The number of hydrogen-bond donors (Lipinski definition) is 0. The van der Waals surface area contributed by atoms with Crippen molar-refractivity contribution in [2.24, 2.45) is 0 Å². The Morgan fingerprint density at radius 1 is 0.909 bits per heavy atom. The highest BCUT2D eigenvalue weighted by molar-refractivity contribution is 7.99. The monoisotopic (exact) mass is 331 g/mol. The minimum Gasteiger partial charge on any atom is -0.126 e. The first-order valence-corrected chi connectivity index (χ1v) is 11.3. The highest BCUT2D eigenvalue weighted by Gasteiger charge is 2.26. The molecule has 1 aliphatic heterocycles. The van der Waals surface area contributed by atoms with Crippen LogP contribution in [-0.2, 0) is 10.9 Å². The first kappa shape index (κ1) is 16.3. The van der Waals surface area contributed by atoms with Crippen molar-refractivity contribution in [3.8, 4) is 0 Å². The molecule has 22 heavy (non-hydrogen) atoms. The average molecular weight is 332 g/mol. The zero-order valence-electron chi connectivity index (χ0n) is 13.6. The van der Waals surface area contributed by atoms with E-state index in [0.29, 0.717) is 10.9 Å². The van der Waals surface area contributed by atoms with Gasteiger partial charge in [0.05, 0.1) is 0 Å². The molecule has 0 aromatic heterocycles. The summed E-state index contributed by atoms with van der Waals surface area (Å²) in [5.41, 5.74) is 0. The van der Waals surface area contributed by atoms with Crippen LogP contribution in [0.15, 0.2) is 46.2 Å². The average Bonchev–Trinajstić information content (AvgIpc) is 3.08. The van der Waals surface area contributed by atoms with E-state index in [1.54, 1.807) is 4.90 Å². The molecule has 0 saturated carbocycles. The van der Waals surface area contributed by atoms with Gasteiger partial charge in [-0.1, -0.05) is 32.3 Å². The fraction of sp³-hybridized carbons (Fsp3) is 0.500. The van der Waals surface area contributed by atoms with E-state index in [4.69, 9.17) is 0 Å². The minimum absolute atomic E-state index is 0.535. The van der Waals surface area contributed by atoms with Gasteiger partial charge in [0, 0.05) is 21.9 Å². The molecule has 0 nitrogen and oxygen atoms in total. The third-order valence-corrected chi connectivity index (χ3v) is 7.98. The Hall–Kier alpha value is -0.600. The molecule has 1 saturated heterocycles. The van der Waals surface area contributed by atoms with Gasteiger partial charge < -0.3 is 0 Å². The van der Waals surface area contributed by atoms with Crippen LogP contribution < -0.4 is 0 Å². The molecule has 0 unspecified atom stereocenters. The largest absolute Gasteiger partial charge is 0.155 e. The van der Waals surface area contributed by atoms with Gasteiger partial charge in [0.25, 0.3) is 0 Å². The summed E-state index contributed by atoms with van der Waals surface area (Å²) >= 11 is 2.02. The van der Waals surface area contributed by atoms with Crippen molar-refractivity contribution < 1.29 is 0 Å². The van der Waals surface area contributed by atoms with Crippen LogP contribution in [0.1, 0.15) is 45.4 Å². The number of rotatable bonds is 7. The van der Waals surface area contributed by atoms with E-state index in [1.165, 1.54) is 71.5 Å². The van der Waals surface area contributed by atoms with E-state index < -0.39 is 0 Å². The first-order chi connectivity index (χ1) is 10.9. The van der Waals surface area contributed by atoms with E-state index in [1.807, 2.05) is 11.8 Å².